The highest BCUT2D eigenvalue weighted by molar-refractivity contribution is 5.97. The van der Waals surface area contributed by atoms with Crippen LogP contribution in [0.1, 0.15) is 21.5 Å². The summed E-state index contributed by atoms with van der Waals surface area (Å²) < 4.78 is 53.2. The number of alkyl halides is 3. The SMILES string of the molecule is COC(=O)[C@@H](Cc1cc(=O)oc2cc(OC)ccc12)NC(=O)c1ccc(C(F)(F)F)cc1. The second kappa shape index (κ2) is 9.13. The molecule has 1 atom stereocenters. The fraction of sp³-hybridized carbons (Fsp3) is 0.227. The Morgan fingerprint density at radius 3 is 2.34 bits per heavy atom. The molecule has 32 heavy (non-hydrogen) atoms. The van der Waals surface area contributed by atoms with Crippen LogP contribution in [-0.4, -0.2) is 32.1 Å². The van der Waals surface area contributed by atoms with Crippen molar-refractivity contribution in [3.8, 4) is 5.75 Å². The van der Waals surface area contributed by atoms with Gasteiger partial charge in [0.2, 0.25) is 0 Å². The summed E-state index contributed by atoms with van der Waals surface area (Å²) in [5, 5.41) is 2.96. The standard InChI is InChI=1S/C22H18F3NO6/c1-30-15-7-8-16-13(10-19(27)32-18(16)11-15)9-17(21(29)31-2)26-20(28)12-3-5-14(6-4-12)22(23,24)25/h3-8,10-11,17H,9H2,1-2H3,(H,26,28)/t17-/m1/s1. The molecule has 1 aromatic heterocycles. The molecular weight excluding hydrogens is 431 g/mol. The Bertz CT molecular complexity index is 1200. The number of hydrogen-bond donors (Lipinski definition) is 1. The molecule has 0 aliphatic rings. The first-order valence-corrected chi connectivity index (χ1v) is 9.29. The Hall–Kier alpha value is -3.82. The summed E-state index contributed by atoms with van der Waals surface area (Å²) >= 11 is 0. The Kier molecular flexibility index (Phi) is 6.52. The fourth-order valence-corrected chi connectivity index (χ4v) is 3.11. The molecule has 1 heterocycles. The van der Waals surface area contributed by atoms with E-state index in [1.807, 2.05) is 0 Å². The van der Waals surface area contributed by atoms with E-state index in [1.165, 1.54) is 19.2 Å². The molecule has 0 bridgehead atoms. The number of esters is 1. The summed E-state index contributed by atoms with van der Waals surface area (Å²) in [5.41, 5.74) is -1.02. The molecule has 0 spiro atoms. The topological polar surface area (TPSA) is 94.8 Å². The van der Waals surface area contributed by atoms with Crippen LogP contribution in [0.5, 0.6) is 5.75 Å². The highest BCUT2D eigenvalue weighted by Crippen LogP contribution is 2.29. The number of halogens is 3. The van der Waals surface area contributed by atoms with Gasteiger partial charge >= 0.3 is 17.8 Å². The van der Waals surface area contributed by atoms with Crippen molar-refractivity contribution >= 4 is 22.8 Å². The number of ether oxygens (including phenoxy) is 2. The molecule has 0 aliphatic carbocycles. The van der Waals surface area contributed by atoms with Crippen molar-refractivity contribution in [2.24, 2.45) is 0 Å². The lowest BCUT2D eigenvalue weighted by atomic mass is 10.0. The molecule has 10 heteroatoms. The molecule has 0 saturated heterocycles. The third-order valence-electron chi connectivity index (χ3n) is 4.73. The predicted octanol–water partition coefficient (Wildman–Crippen LogP) is 3.33. The number of rotatable bonds is 6. The van der Waals surface area contributed by atoms with E-state index >= 15 is 0 Å². The van der Waals surface area contributed by atoms with Crippen molar-refractivity contribution in [1.82, 2.24) is 5.32 Å². The number of carbonyl (C=O) groups is 2. The van der Waals surface area contributed by atoms with E-state index in [0.717, 1.165) is 31.4 Å². The molecule has 2 aromatic carbocycles. The molecule has 3 aromatic rings. The molecule has 0 unspecified atom stereocenters. The minimum atomic E-state index is -4.54. The second-order valence-electron chi connectivity index (χ2n) is 6.78. The molecule has 0 aliphatic heterocycles. The minimum absolute atomic E-state index is 0.0749. The number of carbonyl (C=O) groups excluding carboxylic acids is 2. The number of amides is 1. The number of hydrogen-bond acceptors (Lipinski definition) is 6. The summed E-state index contributed by atoms with van der Waals surface area (Å²) in [5.74, 6) is -1.11. The molecule has 1 amide bonds. The van der Waals surface area contributed by atoms with Crippen LogP contribution in [0.2, 0.25) is 0 Å². The third kappa shape index (κ3) is 5.08. The van der Waals surface area contributed by atoms with E-state index in [0.29, 0.717) is 16.7 Å². The maximum absolute atomic E-state index is 12.7. The van der Waals surface area contributed by atoms with Gasteiger partial charge in [-0.3, -0.25) is 4.79 Å². The van der Waals surface area contributed by atoms with Gasteiger partial charge in [0.15, 0.2) is 0 Å². The lowest BCUT2D eigenvalue weighted by Gasteiger charge is -2.18. The van der Waals surface area contributed by atoms with Crippen LogP contribution in [-0.2, 0) is 22.1 Å². The molecule has 0 saturated carbocycles. The Morgan fingerprint density at radius 1 is 1.06 bits per heavy atom. The first-order chi connectivity index (χ1) is 15.1. The third-order valence-corrected chi connectivity index (χ3v) is 4.73. The summed E-state index contributed by atoms with van der Waals surface area (Å²) in [4.78, 5) is 36.8. The molecular formula is C22H18F3NO6. The van der Waals surface area contributed by atoms with Crippen LogP contribution in [0.25, 0.3) is 11.0 Å². The van der Waals surface area contributed by atoms with Crippen LogP contribution in [0.15, 0.2) is 57.7 Å². The van der Waals surface area contributed by atoms with Crippen molar-refractivity contribution in [3.05, 3.63) is 75.6 Å². The van der Waals surface area contributed by atoms with Gasteiger partial charge in [-0.2, -0.15) is 13.2 Å². The van der Waals surface area contributed by atoms with E-state index in [-0.39, 0.29) is 17.6 Å². The van der Waals surface area contributed by atoms with Gasteiger partial charge in [-0.25, -0.2) is 9.59 Å². The van der Waals surface area contributed by atoms with E-state index < -0.39 is 35.3 Å². The smallest absolute Gasteiger partial charge is 0.416 e. The normalized spacial score (nSPS) is 12.3. The molecule has 1 N–H and O–H groups in total. The molecule has 0 radical (unpaired) electrons. The second-order valence-corrected chi connectivity index (χ2v) is 6.78. The van der Waals surface area contributed by atoms with Gasteiger partial charge < -0.3 is 19.2 Å². The van der Waals surface area contributed by atoms with Gasteiger partial charge in [-0.1, -0.05) is 0 Å². The summed E-state index contributed by atoms with van der Waals surface area (Å²) in [7, 11) is 2.58. The van der Waals surface area contributed by atoms with Crippen LogP contribution < -0.4 is 15.7 Å². The van der Waals surface area contributed by atoms with Crippen molar-refractivity contribution in [2.45, 2.75) is 18.6 Å². The average Bonchev–Trinajstić information content (AvgIpc) is 2.76. The predicted molar refractivity (Wildman–Crippen MR) is 107 cm³/mol. The van der Waals surface area contributed by atoms with Gasteiger partial charge in [0.05, 0.1) is 19.8 Å². The van der Waals surface area contributed by atoms with Crippen LogP contribution >= 0.6 is 0 Å². The van der Waals surface area contributed by atoms with Gasteiger partial charge in [0.25, 0.3) is 5.91 Å². The quantitative estimate of drug-likeness (QED) is 0.458. The number of nitrogens with one attached hydrogen (secondary N) is 1. The maximum Gasteiger partial charge on any atom is 0.416 e. The van der Waals surface area contributed by atoms with E-state index in [9.17, 15) is 27.6 Å². The minimum Gasteiger partial charge on any atom is -0.497 e. The van der Waals surface area contributed by atoms with Crippen LogP contribution in [0, 0.1) is 0 Å². The van der Waals surface area contributed by atoms with Crippen molar-refractivity contribution < 1.29 is 36.7 Å². The number of benzene rings is 2. The first kappa shape index (κ1) is 22.9. The van der Waals surface area contributed by atoms with Crippen LogP contribution in [0.3, 0.4) is 0 Å². The lowest BCUT2D eigenvalue weighted by Crippen LogP contribution is -2.43. The Morgan fingerprint density at radius 2 is 1.75 bits per heavy atom. The van der Waals surface area contributed by atoms with Gasteiger partial charge in [0, 0.05) is 29.5 Å². The van der Waals surface area contributed by atoms with Crippen LogP contribution in [0.4, 0.5) is 13.2 Å². The summed E-state index contributed by atoms with van der Waals surface area (Å²) in [6.07, 6.45) is -4.66. The highest BCUT2D eigenvalue weighted by atomic mass is 19.4. The summed E-state index contributed by atoms with van der Waals surface area (Å²) in [6.45, 7) is 0. The average molecular weight is 449 g/mol. The van der Waals surface area contributed by atoms with Crippen molar-refractivity contribution in [1.29, 1.82) is 0 Å². The molecule has 3 rings (SSSR count). The largest absolute Gasteiger partial charge is 0.497 e. The van der Waals surface area contributed by atoms with E-state index in [2.05, 4.69) is 5.32 Å². The monoisotopic (exact) mass is 449 g/mol. The van der Waals surface area contributed by atoms with Crippen molar-refractivity contribution in [3.63, 3.8) is 0 Å². The zero-order valence-corrected chi connectivity index (χ0v) is 17.0. The molecule has 168 valence electrons. The lowest BCUT2D eigenvalue weighted by molar-refractivity contribution is -0.142. The Labute approximate surface area is 179 Å². The number of methoxy groups -OCH3 is 2. The highest BCUT2D eigenvalue weighted by Gasteiger charge is 2.30. The molecule has 0 fully saturated rings. The Balaban J connectivity index is 1.89. The van der Waals surface area contributed by atoms with E-state index in [4.69, 9.17) is 13.9 Å². The van der Waals surface area contributed by atoms with Crippen molar-refractivity contribution in [2.75, 3.05) is 14.2 Å². The maximum atomic E-state index is 12.7. The zero-order chi connectivity index (χ0) is 23.5. The molecule has 7 nitrogen and oxygen atoms in total. The number of fused-ring (bicyclic) bond motifs is 1. The van der Waals surface area contributed by atoms with Gasteiger partial charge in [-0.15, -0.1) is 0 Å². The fourth-order valence-electron chi connectivity index (χ4n) is 3.11. The first-order valence-electron chi connectivity index (χ1n) is 9.29. The zero-order valence-electron chi connectivity index (χ0n) is 17.0. The van der Waals surface area contributed by atoms with Gasteiger partial charge in [0.1, 0.15) is 17.4 Å². The summed E-state index contributed by atoms with van der Waals surface area (Å²) in [6, 6.07) is 8.32. The van der Waals surface area contributed by atoms with Gasteiger partial charge in [-0.05, 0) is 42.0 Å². The van der Waals surface area contributed by atoms with E-state index in [1.54, 1.807) is 12.1 Å².